The van der Waals surface area contributed by atoms with E-state index in [9.17, 15) is 4.79 Å². The van der Waals surface area contributed by atoms with E-state index in [1.54, 1.807) is 25.2 Å². The van der Waals surface area contributed by atoms with Gasteiger partial charge in [-0.25, -0.2) is 0 Å². The summed E-state index contributed by atoms with van der Waals surface area (Å²) >= 11 is 0. The number of carbonyl (C=O) groups is 1. The molecular weight excluding hydrogens is 416 g/mol. The molecule has 0 saturated heterocycles. The quantitative estimate of drug-likeness (QED) is 0.353. The molecule has 7 nitrogen and oxygen atoms in total. The van der Waals surface area contributed by atoms with E-state index in [4.69, 9.17) is 9.15 Å². The molecule has 7 heteroatoms. The number of anilines is 1. The summed E-state index contributed by atoms with van der Waals surface area (Å²) in [5.41, 5.74) is 2.77. The van der Waals surface area contributed by atoms with E-state index >= 15 is 0 Å². The number of hydrogen-bond acceptors (Lipinski definition) is 6. The van der Waals surface area contributed by atoms with Crippen molar-refractivity contribution in [1.82, 2.24) is 15.3 Å². The van der Waals surface area contributed by atoms with Crippen LogP contribution in [0.4, 0.5) is 6.01 Å². The van der Waals surface area contributed by atoms with Crippen molar-refractivity contribution in [3.05, 3.63) is 90.3 Å². The molecule has 164 valence electrons. The zero-order valence-corrected chi connectivity index (χ0v) is 18.2. The van der Waals surface area contributed by atoms with Crippen molar-refractivity contribution in [2.24, 2.45) is 0 Å². The maximum Gasteiger partial charge on any atom is 0.296 e. The minimum atomic E-state index is -0.276. The van der Waals surface area contributed by atoms with E-state index in [0.717, 1.165) is 5.52 Å². The molecule has 0 saturated carbocycles. The van der Waals surface area contributed by atoms with Crippen LogP contribution >= 0.6 is 0 Å². The number of aromatic nitrogens is 2. The van der Waals surface area contributed by atoms with Crippen LogP contribution < -0.4 is 15.4 Å². The van der Waals surface area contributed by atoms with Gasteiger partial charge in [0.1, 0.15) is 22.7 Å². The van der Waals surface area contributed by atoms with Crippen molar-refractivity contribution >= 4 is 33.8 Å². The standard InChI is InChI=1S/C26H22N4O3/c1-16(20-9-5-7-17-6-3-4-8-21(17)20)29-26-30-22-11-10-18(15-24(22)33-26)32-19-12-13-28-23(14-19)25(31)27-2/h3-16H,1-2H3,(H,27,31)(H,29,30)/t16-/m1/s1. The van der Waals surface area contributed by atoms with Crippen molar-refractivity contribution in [3.8, 4) is 11.5 Å². The second-order valence-electron chi connectivity index (χ2n) is 7.64. The number of fused-ring (bicyclic) bond motifs is 2. The Kier molecular flexibility index (Phi) is 5.36. The highest BCUT2D eigenvalue weighted by Gasteiger charge is 2.14. The van der Waals surface area contributed by atoms with E-state index < -0.39 is 0 Å². The van der Waals surface area contributed by atoms with Gasteiger partial charge in [0, 0.05) is 25.4 Å². The molecule has 1 amide bonds. The van der Waals surface area contributed by atoms with Crippen LogP contribution in [0.25, 0.3) is 21.9 Å². The Bertz CT molecular complexity index is 1460. The third-order valence-corrected chi connectivity index (χ3v) is 5.42. The maximum atomic E-state index is 11.8. The topological polar surface area (TPSA) is 89.3 Å². The van der Waals surface area contributed by atoms with Crippen LogP contribution in [0.3, 0.4) is 0 Å². The molecule has 5 rings (SSSR count). The van der Waals surface area contributed by atoms with Gasteiger partial charge in [-0.2, -0.15) is 4.98 Å². The smallest absolute Gasteiger partial charge is 0.296 e. The third kappa shape index (κ3) is 4.21. The highest BCUT2D eigenvalue weighted by molar-refractivity contribution is 5.92. The average Bonchev–Trinajstić information content (AvgIpc) is 3.24. The fourth-order valence-corrected chi connectivity index (χ4v) is 3.78. The van der Waals surface area contributed by atoms with Gasteiger partial charge in [-0.15, -0.1) is 0 Å². The summed E-state index contributed by atoms with van der Waals surface area (Å²) in [4.78, 5) is 20.4. The lowest BCUT2D eigenvalue weighted by atomic mass is 10.00. The Morgan fingerprint density at radius 1 is 1.00 bits per heavy atom. The van der Waals surface area contributed by atoms with Crippen molar-refractivity contribution in [3.63, 3.8) is 0 Å². The van der Waals surface area contributed by atoms with E-state index in [-0.39, 0.29) is 17.6 Å². The van der Waals surface area contributed by atoms with E-state index in [0.29, 0.717) is 23.1 Å². The monoisotopic (exact) mass is 438 g/mol. The first-order valence-corrected chi connectivity index (χ1v) is 10.6. The van der Waals surface area contributed by atoms with Gasteiger partial charge in [0.25, 0.3) is 11.9 Å². The predicted octanol–water partition coefficient (Wildman–Crippen LogP) is 5.70. The number of carbonyl (C=O) groups excluding carboxylic acids is 1. The number of nitrogens with one attached hydrogen (secondary N) is 2. The van der Waals surface area contributed by atoms with Gasteiger partial charge in [-0.05, 0) is 41.5 Å². The number of nitrogens with zero attached hydrogens (tertiary/aromatic N) is 2. The Labute approximate surface area is 190 Å². The number of ether oxygens (including phenoxy) is 1. The predicted molar refractivity (Wildman–Crippen MR) is 128 cm³/mol. The highest BCUT2D eigenvalue weighted by Crippen LogP contribution is 2.30. The van der Waals surface area contributed by atoms with Gasteiger partial charge in [0.15, 0.2) is 5.58 Å². The van der Waals surface area contributed by atoms with Crippen LogP contribution in [0.5, 0.6) is 11.5 Å². The lowest BCUT2D eigenvalue weighted by Crippen LogP contribution is -2.18. The molecule has 0 aliphatic heterocycles. The molecule has 0 aliphatic carbocycles. The van der Waals surface area contributed by atoms with Gasteiger partial charge < -0.3 is 19.8 Å². The Hall–Kier alpha value is -4.39. The van der Waals surface area contributed by atoms with Gasteiger partial charge >= 0.3 is 0 Å². The normalized spacial score (nSPS) is 11.9. The van der Waals surface area contributed by atoms with Crippen molar-refractivity contribution in [1.29, 1.82) is 0 Å². The highest BCUT2D eigenvalue weighted by atomic mass is 16.5. The molecule has 0 unspecified atom stereocenters. The largest absolute Gasteiger partial charge is 0.457 e. The Morgan fingerprint density at radius 2 is 1.82 bits per heavy atom. The number of benzene rings is 3. The first-order chi connectivity index (χ1) is 16.1. The van der Waals surface area contributed by atoms with Crippen molar-refractivity contribution in [2.45, 2.75) is 13.0 Å². The summed E-state index contributed by atoms with van der Waals surface area (Å²) in [5.74, 6) is 0.800. The van der Waals surface area contributed by atoms with Crippen LogP contribution in [0.2, 0.25) is 0 Å². The molecule has 5 aromatic rings. The number of oxazole rings is 1. The lowest BCUT2D eigenvalue weighted by molar-refractivity contribution is 0.0958. The summed E-state index contributed by atoms with van der Waals surface area (Å²) in [6, 6.07) is 23.7. The molecule has 2 heterocycles. The van der Waals surface area contributed by atoms with Gasteiger partial charge in [0.2, 0.25) is 0 Å². The van der Waals surface area contributed by atoms with Crippen LogP contribution in [0, 0.1) is 0 Å². The van der Waals surface area contributed by atoms with Crippen LogP contribution in [0.1, 0.15) is 29.0 Å². The first-order valence-electron chi connectivity index (χ1n) is 10.6. The SMILES string of the molecule is CNC(=O)c1cc(Oc2ccc3nc(N[C@H](C)c4cccc5ccccc45)oc3c2)ccn1. The molecule has 1 atom stereocenters. The van der Waals surface area contributed by atoms with Crippen LogP contribution in [-0.2, 0) is 0 Å². The second kappa shape index (κ2) is 8.63. The summed E-state index contributed by atoms with van der Waals surface area (Å²) in [5, 5.41) is 8.30. The lowest BCUT2D eigenvalue weighted by Gasteiger charge is -2.15. The van der Waals surface area contributed by atoms with E-state index in [1.165, 1.54) is 22.5 Å². The van der Waals surface area contributed by atoms with Crippen molar-refractivity contribution in [2.75, 3.05) is 12.4 Å². The Morgan fingerprint density at radius 3 is 2.70 bits per heavy atom. The van der Waals surface area contributed by atoms with E-state index in [2.05, 4.69) is 57.9 Å². The maximum absolute atomic E-state index is 11.8. The number of amides is 1. The molecule has 2 aromatic heterocycles. The van der Waals surface area contributed by atoms with Crippen molar-refractivity contribution < 1.29 is 13.9 Å². The second-order valence-corrected chi connectivity index (χ2v) is 7.64. The molecule has 2 N–H and O–H groups in total. The molecule has 0 aliphatic rings. The zero-order chi connectivity index (χ0) is 22.8. The molecule has 0 fully saturated rings. The molecule has 0 spiro atoms. The van der Waals surface area contributed by atoms with Gasteiger partial charge in [-0.3, -0.25) is 9.78 Å². The molecule has 0 radical (unpaired) electrons. The molecular formula is C26H22N4O3. The number of pyridine rings is 1. The average molecular weight is 438 g/mol. The van der Waals surface area contributed by atoms with Crippen LogP contribution in [0.15, 0.2) is 83.4 Å². The minimum Gasteiger partial charge on any atom is -0.457 e. The summed E-state index contributed by atoms with van der Waals surface area (Å²) in [7, 11) is 1.56. The third-order valence-electron chi connectivity index (χ3n) is 5.42. The summed E-state index contributed by atoms with van der Waals surface area (Å²) in [6.07, 6.45) is 1.53. The van der Waals surface area contributed by atoms with Crippen LogP contribution in [-0.4, -0.2) is 22.9 Å². The summed E-state index contributed by atoms with van der Waals surface area (Å²) in [6.45, 7) is 2.08. The molecule has 0 bridgehead atoms. The van der Waals surface area contributed by atoms with E-state index in [1.807, 2.05) is 24.3 Å². The zero-order valence-electron chi connectivity index (χ0n) is 18.2. The molecule has 33 heavy (non-hydrogen) atoms. The fraction of sp³-hybridized carbons (Fsp3) is 0.115. The first kappa shape index (κ1) is 20.5. The summed E-state index contributed by atoms with van der Waals surface area (Å²) < 4.78 is 11.9. The fourth-order valence-electron chi connectivity index (χ4n) is 3.78. The Balaban J connectivity index is 1.37. The van der Waals surface area contributed by atoms with Gasteiger partial charge in [-0.1, -0.05) is 42.5 Å². The van der Waals surface area contributed by atoms with Gasteiger partial charge in [0.05, 0.1) is 6.04 Å². The number of hydrogen-bond donors (Lipinski definition) is 2. The minimum absolute atomic E-state index is 0.000153. The number of rotatable bonds is 6. The molecule has 3 aromatic carbocycles.